The number of nitro groups is 1. The van der Waals surface area contributed by atoms with Gasteiger partial charge in [0, 0.05) is 19.2 Å². The predicted molar refractivity (Wildman–Crippen MR) is 106 cm³/mol. The van der Waals surface area contributed by atoms with E-state index in [0.717, 1.165) is 43.3 Å². The summed E-state index contributed by atoms with van der Waals surface area (Å²) in [6.45, 7) is 0.832. The molecule has 10 nitrogen and oxygen atoms in total. The van der Waals surface area contributed by atoms with Gasteiger partial charge >= 0.3 is 5.97 Å². The van der Waals surface area contributed by atoms with E-state index in [2.05, 4.69) is 5.32 Å². The van der Waals surface area contributed by atoms with Crippen LogP contribution in [-0.4, -0.2) is 42.4 Å². The van der Waals surface area contributed by atoms with Crippen LogP contribution in [0, 0.1) is 10.1 Å². The van der Waals surface area contributed by atoms with Crippen molar-refractivity contribution in [3.63, 3.8) is 0 Å². The highest BCUT2D eigenvalue weighted by molar-refractivity contribution is 7.14. The SMILES string of the molecule is NC(=O)c1ccsc1NC(=O)COC(=O)c1ccc(N2CCCC2)c([N+](=O)[O-])c1. The van der Waals surface area contributed by atoms with Gasteiger partial charge in [-0.2, -0.15) is 0 Å². The highest BCUT2D eigenvalue weighted by atomic mass is 32.1. The van der Waals surface area contributed by atoms with E-state index in [0.29, 0.717) is 5.69 Å². The molecule has 3 rings (SSSR count). The summed E-state index contributed by atoms with van der Waals surface area (Å²) in [6, 6.07) is 5.57. The van der Waals surface area contributed by atoms with Crippen molar-refractivity contribution in [2.75, 3.05) is 29.9 Å². The minimum absolute atomic E-state index is 0.0265. The van der Waals surface area contributed by atoms with Crippen LogP contribution in [0.15, 0.2) is 29.6 Å². The van der Waals surface area contributed by atoms with E-state index in [-0.39, 0.29) is 21.8 Å². The Hall–Kier alpha value is -3.47. The molecule has 1 aromatic heterocycles. The summed E-state index contributed by atoms with van der Waals surface area (Å²) >= 11 is 1.10. The maximum absolute atomic E-state index is 12.2. The number of rotatable bonds is 7. The van der Waals surface area contributed by atoms with Gasteiger partial charge < -0.3 is 20.7 Å². The molecule has 1 aliphatic heterocycles. The maximum atomic E-state index is 12.2. The average Bonchev–Trinajstić information content (AvgIpc) is 3.37. The fourth-order valence-corrected chi connectivity index (χ4v) is 3.81. The molecule has 0 aliphatic carbocycles. The number of benzene rings is 1. The van der Waals surface area contributed by atoms with Crippen LogP contribution in [0.25, 0.3) is 0 Å². The molecule has 0 bridgehead atoms. The van der Waals surface area contributed by atoms with Crippen molar-refractivity contribution in [2.45, 2.75) is 12.8 Å². The highest BCUT2D eigenvalue weighted by Crippen LogP contribution is 2.31. The smallest absolute Gasteiger partial charge is 0.338 e. The monoisotopic (exact) mass is 418 g/mol. The molecule has 2 amide bonds. The van der Waals surface area contributed by atoms with Gasteiger partial charge in [0.05, 0.1) is 16.1 Å². The lowest BCUT2D eigenvalue weighted by molar-refractivity contribution is -0.384. The first kappa shape index (κ1) is 20.3. The number of hydrogen-bond acceptors (Lipinski definition) is 8. The number of amides is 2. The summed E-state index contributed by atoms with van der Waals surface area (Å²) in [4.78, 5) is 48.2. The van der Waals surface area contributed by atoms with E-state index >= 15 is 0 Å². The number of carbonyl (C=O) groups excluding carboxylic acids is 3. The van der Waals surface area contributed by atoms with Crippen LogP contribution in [0.4, 0.5) is 16.4 Å². The molecule has 29 heavy (non-hydrogen) atoms. The maximum Gasteiger partial charge on any atom is 0.338 e. The van der Waals surface area contributed by atoms with Crippen LogP contribution in [0.3, 0.4) is 0 Å². The number of anilines is 2. The predicted octanol–water partition coefficient (Wildman–Crippen LogP) is 2.15. The van der Waals surface area contributed by atoms with Gasteiger partial charge in [-0.25, -0.2) is 4.79 Å². The van der Waals surface area contributed by atoms with E-state index in [1.54, 1.807) is 5.38 Å². The fourth-order valence-electron chi connectivity index (χ4n) is 3.00. The van der Waals surface area contributed by atoms with E-state index < -0.39 is 29.3 Å². The van der Waals surface area contributed by atoms with Crippen LogP contribution in [0.5, 0.6) is 0 Å². The van der Waals surface area contributed by atoms with Gasteiger partial charge in [0.2, 0.25) is 0 Å². The number of nitrogens with two attached hydrogens (primary N) is 1. The Kier molecular flexibility index (Phi) is 6.07. The third-order valence-electron chi connectivity index (χ3n) is 4.37. The van der Waals surface area contributed by atoms with E-state index in [4.69, 9.17) is 10.5 Å². The van der Waals surface area contributed by atoms with Crippen LogP contribution in [0.1, 0.15) is 33.6 Å². The molecule has 0 atom stereocenters. The lowest BCUT2D eigenvalue weighted by Gasteiger charge is -2.17. The molecule has 1 aliphatic rings. The average molecular weight is 418 g/mol. The molecule has 0 unspecified atom stereocenters. The number of carbonyl (C=O) groups is 3. The molecular weight excluding hydrogens is 400 g/mol. The van der Waals surface area contributed by atoms with Crippen LogP contribution < -0.4 is 16.0 Å². The first-order chi connectivity index (χ1) is 13.9. The third kappa shape index (κ3) is 4.69. The van der Waals surface area contributed by atoms with Crippen molar-refractivity contribution in [3.05, 3.63) is 50.9 Å². The molecular formula is C18H18N4O6S. The zero-order valence-corrected chi connectivity index (χ0v) is 16.1. The van der Waals surface area contributed by atoms with Gasteiger partial charge in [-0.05, 0) is 36.4 Å². The van der Waals surface area contributed by atoms with Crippen LogP contribution in [0.2, 0.25) is 0 Å². The Morgan fingerprint density at radius 1 is 1.24 bits per heavy atom. The Balaban J connectivity index is 1.65. The summed E-state index contributed by atoms with van der Waals surface area (Å²) < 4.78 is 4.94. The summed E-state index contributed by atoms with van der Waals surface area (Å²) in [6.07, 6.45) is 1.91. The molecule has 3 N–H and O–H groups in total. The number of nitrogens with one attached hydrogen (secondary N) is 1. The Morgan fingerprint density at radius 2 is 1.97 bits per heavy atom. The van der Waals surface area contributed by atoms with E-state index in [1.807, 2.05) is 4.90 Å². The molecule has 0 spiro atoms. The third-order valence-corrected chi connectivity index (χ3v) is 5.20. The van der Waals surface area contributed by atoms with E-state index in [9.17, 15) is 24.5 Å². The van der Waals surface area contributed by atoms with Crippen LogP contribution >= 0.6 is 11.3 Å². The molecule has 1 aromatic carbocycles. The normalized spacial score (nSPS) is 13.2. The molecule has 2 aromatic rings. The van der Waals surface area contributed by atoms with Crippen molar-refractivity contribution >= 4 is 45.5 Å². The molecule has 1 fully saturated rings. The molecule has 0 radical (unpaired) electrons. The zero-order chi connectivity index (χ0) is 21.0. The zero-order valence-electron chi connectivity index (χ0n) is 15.3. The van der Waals surface area contributed by atoms with Crippen molar-refractivity contribution in [1.82, 2.24) is 0 Å². The largest absolute Gasteiger partial charge is 0.452 e. The van der Waals surface area contributed by atoms with Crippen LogP contribution in [-0.2, 0) is 9.53 Å². The van der Waals surface area contributed by atoms with Gasteiger partial charge in [-0.1, -0.05) is 0 Å². The Bertz CT molecular complexity index is 967. The summed E-state index contributed by atoms with van der Waals surface area (Å²) in [5.41, 5.74) is 5.60. The highest BCUT2D eigenvalue weighted by Gasteiger charge is 2.24. The molecule has 152 valence electrons. The van der Waals surface area contributed by atoms with Gasteiger partial charge in [0.1, 0.15) is 10.7 Å². The molecule has 11 heteroatoms. The van der Waals surface area contributed by atoms with Crippen molar-refractivity contribution in [1.29, 1.82) is 0 Å². The number of esters is 1. The minimum atomic E-state index is -0.863. The second kappa shape index (κ2) is 8.69. The number of thiophene rings is 1. The number of ether oxygens (including phenoxy) is 1. The Morgan fingerprint density at radius 3 is 2.62 bits per heavy atom. The lowest BCUT2D eigenvalue weighted by Crippen LogP contribution is -2.22. The van der Waals surface area contributed by atoms with Gasteiger partial charge in [-0.3, -0.25) is 19.7 Å². The molecule has 2 heterocycles. The van der Waals surface area contributed by atoms with Crippen molar-refractivity contribution < 1.29 is 24.0 Å². The first-order valence-electron chi connectivity index (χ1n) is 8.74. The minimum Gasteiger partial charge on any atom is -0.452 e. The van der Waals surface area contributed by atoms with E-state index in [1.165, 1.54) is 18.2 Å². The summed E-state index contributed by atoms with van der Waals surface area (Å²) in [7, 11) is 0. The lowest BCUT2D eigenvalue weighted by atomic mass is 10.1. The standard InChI is InChI=1S/C18H18N4O6S/c19-16(24)12-5-8-29-17(12)20-15(23)10-28-18(25)11-3-4-13(14(9-11)22(26)27)21-6-1-2-7-21/h3-5,8-9H,1-2,6-7,10H2,(H2,19,24)(H,20,23). The Labute approximate surface area is 169 Å². The molecule has 0 saturated carbocycles. The molecule has 1 saturated heterocycles. The number of hydrogen-bond donors (Lipinski definition) is 2. The topological polar surface area (TPSA) is 145 Å². The van der Waals surface area contributed by atoms with Gasteiger partial charge in [0.15, 0.2) is 6.61 Å². The van der Waals surface area contributed by atoms with Gasteiger partial charge in [-0.15, -0.1) is 11.3 Å². The summed E-state index contributed by atoms with van der Waals surface area (Å²) in [5, 5.41) is 15.7. The van der Waals surface area contributed by atoms with Gasteiger partial charge in [0.25, 0.3) is 17.5 Å². The second-order valence-electron chi connectivity index (χ2n) is 6.31. The summed E-state index contributed by atoms with van der Waals surface area (Å²) in [5.74, 6) is -2.21. The number of nitrogens with zero attached hydrogens (tertiary/aromatic N) is 2. The number of nitro benzene ring substituents is 1. The van der Waals surface area contributed by atoms with Crippen molar-refractivity contribution in [2.24, 2.45) is 5.73 Å². The fraction of sp³-hybridized carbons (Fsp3) is 0.278. The second-order valence-corrected chi connectivity index (χ2v) is 7.22. The first-order valence-corrected chi connectivity index (χ1v) is 9.62. The van der Waals surface area contributed by atoms with Crippen molar-refractivity contribution in [3.8, 4) is 0 Å². The number of primary amides is 1. The quantitative estimate of drug-likeness (QED) is 0.398.